The maximum absolute atomic E-state index is 12.6. The van der Waals surface area contributed by atoms with Crippen molar-refractivity contribution in [2.45, 2.75) is 39.7 Å². The van der Waals surface area contributed by atoms with Crippen molar-refractivity contribution in [3.05, 3.63) is 53.2 Å². The topological polar surface area (TPSA) is 184 Å². The molecule has 5 N–H and O–H groups in total. The van der Waals surface area contributed by atoms with Gasteiger partial charge in [0.1, 0.15) is 10.8 Å². The summed E-state index contributed by atoms with van der Waals surface area (Å²) in [6.45, 7) is 10.7. The number of anilines is 6. The number of nitrogens with zero attached hydrogens (tertiary/aromatic N) is 5. The summed E-state index contributed by atoms with van der Waals surface area (Å²) in [6.07, 6.45) is 1.74. The van der Waals surface area contributed by atoms with Crippen molar-refractivity contribution in [3.8, 4) is 5.75 Å². The van der Waals surface area contributed by atoms with Crippen LogP contribution >= 0.6 is 11.6 Å². The first-order valence-electron chi connectivity index (χ1n) is 16.9. The van der Waals surface area contributed by atoms with E-state index in [1.807, 2.05) is 12.1 Å². The number of carbonyl (C=O) groups is 2. The molecule has 1 aromatic heterocycles. The molecular weight excluding hydrogens is 698 g/mol. The van der Waals surface area contributed by atoms with Crippen molar-refractivity contribution in [3.63, 3.8) is 0 Å². The van der Waals surface area contributed by atoms with Crippen LogP contribution in [-0.4, -0.2) is 105 Å². The molecule has 3 aromatic rings. The number of carbonyl (C=O) groups excluding carboxylic acids is 2. The number of sulfonamides is 1. The van der Waals surface area contributed by atoms with Gasteiger partial charge >= 0.3 is 6.09 Å². The Morgan fingerprint density at radius 1 is 1.04 bits per heavy atom. The fourth-order valence-corrected chi connectivity index (χ4v) is 7.12. The van der Waals surface area contributed by atoms with E-state index in [4.69, 9.17) is 26.8 Å². The highest BCUT2D eigenvalue weighted by molar-refractivity contribution is 7.92. The Morgan fingerprint density at radius 2 is 1.73 bits per heavy atom. The predicted octanol–water partition coefficient (Wildman–Crippen LogP) is 4.54. The van der Waals surface area contributed by atoms with Crippen LogP contribution < -0.4 is 30.7 Å². The SMILES string of the molecule is CCS(=O)(=O)Nc1ccccc1Nc1nc(Nc2cc(C)c(N3CCC(CN4CCN(C(=O)[C@H](C)OC(N)=O)CC4)CC3)cc2OC)ncc1Cl. The maximum atomic E-state index is 12.6. The Hall–Kier alpha value is -4.54. The van der Waals surface area contributed by atoms with Gasteiger partial charge in [-0.2, -0.15) is 4.98 Å². The van der Waals surface area contributed by atoms with E-state index in [2.05, 4.69) is 42.0 Å². The highest BCUT2D eigenvalue weighted by atomic mass is 35.5. The minimum absolute atomic E-state index is 0.0648. The molecule has 2 saturated heterocycles. The van der Waals surface area contributed by atoms with Crippen LogP contribution in [-0.2, 0) is 19.6 Å². The number of hydrogen-bond acceptors (Lipinski definition) is 12. The van der Waals surface area contributed by atoms with Gasteiger partial charge in [0.25, 0.3) is 5.91 Å². The molecule has 276 valence electrons. The number of piperazine rings is 1. The van der Waals surface area contributed by atoms with Gasteiger partial charge in [0, 0.05) is 57.6 Å². The van der Waals surface area contributed by atoms with Crippen LogP contribution in [0.15, 0.2) is 42.6 Å². The molecule has 2 aromatic carbocycles. The Kier molecular flexibility index (Phi) is 12.3. The number of hydrogen-bond donors (Lipinski definition) is 4. The Morgan fingerprint density at radius 3 is 2.37 bits per heavy atom. The van der Waals surface area contributed by atoms with Crippen molar-refractivity contribution in [2.75, 3.05) is 78.9 Å². The van der Waals surface area contributed by atoms with Gasteiger partial charge in [-0.05, 0) is 63.3 Å². The summed E-state index contributed by atoms with van der Waals surface area (Å²) < 4.78 is 37.7. The molecule has 2 fully saturated rings. The van der Waals surface area contributed by atoms with Crippen LogP contribution in [0.1, 0.15) is 32.3 Å². The van der Waals surface area contributed by atoms with Gasteiger partial charge in [0.2, 0.25) is 16.0 Å². The summed E-state index contributed by atoms with van der Waals surface area (Å²) in [5.41, 5.74) is 8.77. The number of halogens is 1. The summed E-state index contributed by atoms with van der Waals surface area (Å²) in [7, 11) is -1.88. The lowest BCUT2D eigenvalue weighted by atomic mass is 9.95. The average Bonchev–Trinajstić information content (AvgIpc) is 3.10. The number of nitrogens with one attached hydrogen (secondary N) is 3. The second-order valence-electron chi connectivity index (χ2n) is 12.7. The number of para-hydroxylation sites is 2. The zero-order chi connectivity index (χ0) is 36.7. The Labute approximate surface area is 303 Å². The zero-order valence-electron chi connectivity index (χ0n) is 29.3. The van der Waals surface area contributed by atoms with Gasteiger partial charge in [-0.1, -0.05) is 23.7 Å². The summed E-state index contributed by atoms with van der Waals surface area (Å²) in [5, 5.41) is 6.64. The molecule has 0 radical (unpaired) electrons. The number of benzene rings is 2. The zero-order valence-corrected chi connectivity index (χ0v) is 30.9. The lowest BCUT2D eigenvalue weighted by Gasteiger charge is -2.40. The minimum Gasteiger partial charge on any atom is -0.494 e. The highest BCUT2D eigenvalue weighted by Crippen LogP contribution is 2.37. The standard InChI is InChI=1S/C34H46ClN9O6S/c1-5-51(47,48)41-27-9-7-6-8-26(27)38-31-25(35)20-37-34(40-31)39-28-18-22(2)29(19-30(28)49-4)43-12-10-24(11-13-43)21-42-14-16-44(17-15-42)32(45)23(3)50-33(36)46/h6-9,18-20,23-24,41H,5,10-17,21H2,1-4H3,(H2,36,46)(H2,37,38,39,40)/t23-/m0/s1. The van der Waals surface area contributed by atoms with E-state index >= 15 is 0 Å². The monoisotopic (exact) mass is 743 g/mol. The molecule has 3 heterocycles. The predicted molar refractivity (Wildman–Crippen MR) is 199 cm³/mol. The average molecular weight is 744 g/mol. The molecule has 2 aliphatic rings. The van der Waals surface area contributed by atoms with E-state index in [0.29, 0.717) is 47.6 Å². The fourth-order valence-electron chi connectivity index (χ4n) is 6.32. The number of rotatable bonds is 13. The smallest absolute Gasteiger partial charge is 0.405 e. The number of piperidine rings is 1. The molecule has 0 aliphatic carbocycles. The minimum atomic E-state index is -3.50. The first kappa shape index (κ1) is 37.7. The van der Waals surface area contributed by atoms with Gasteiger partial charge in [-0.25, -0.2) is 18.2 Å². The van der Waals surface area contributed by atoms with E-state index in [0.717, 1.165) is 56.8 Å². The van der Waals surface area contributed by atoms with E-state index < -0.39 is 22.2 Å². The van der Waals surface area contributed by atoms with E-state index in [1.54, 1.807) is 50.1 Å². The second-order valence-corrected chi connectivity index (χ2v) is 15.1. The number of nitrogens with two attached hydrogens (primary N) is 1. The fraction of sp³-hybridized carbons (Fsp3) is 0.471. The Balaban J connectivity index is 1.18. The summed E-state index contributed by atoms with van der Waals surface area (Å²) in [6, 6.07) is 10.9. The van der Waals surface area contributed by atoms with Crippen molar-refractivity contribution < 1.29 is 27.5 Å². The maximum Gasteiger partial charge on any atom is 0.405 e. The third kappa shape index (κ3) is 9.83. The lowest BCUT2D eigenvalue weighted by molar-refractivity contribution is -0.141. The normalized spacial score (nSPS) is 16.3. The molecule has 5 rings (SSSR count). The van der Waals surface area contributed by atoms with Gasteiger partial charge in [-0.15, -0.1) is 0 Å². The molecule has 0 saturated carbocycles. The number of primary amides is 1. The lowest BCUT2D eigenvalue weighted by Crippen LogP contribution is -2.53. The van der Waals surface area contributed by atoms with Crippen molar-refractivity contribution in [1.82, 2.24) is 19.8 Å². The van der Waals surface area contributed by atoms with Gasteiger partial charge < -0.3 is 35.6 Å². The number of methoxy groups -OCH3 is 1. The largest absolute Gasteiger partial charge is 0.494 e. The van der Waals surface area contributed by atoms with E-state index in [-0.39, 0.29) is 22.6 Å². The Bertz CT molecular complexity index is 1820. The molecule has 0 bridgehead atoms. The molecular formula is C34H46ClN9O6S. The molecule has 2 amide bonds. The third-order valence-corrected chi connectivity index (χ3v) is 10.7. The number of amides is 2. The number of aryl methyl sites for hydroxylation is 1. The van der Waals surface area contributed by atoms with E-state index in [9.17, 15) is 18.0 Å². The molecule has 1 atom stereocenters. The van der Waals surface area contributed by atoms with Crippen LogP contribution in [0, 0.1) is 12.8 Å². The molecule has 2 aliphatic heterocycles. The van der Waals surface area contributed by atoms with Crippen molar-refractivity contribution in [2.24, 2.45) is 11.7 Å². The quantitative estimate of drug-likeness (QED) is 0.192. The summed E-state index contributed by atoms with van der Waals surface area (Å²) >= 11 is 6.44. The highest BCUT2D eigenvalue weighted by Gasteiger charge is 2.29. The van der Waals surface area contributed by atoms with Gasteiger partial charge in [0.05, 0.1) is 36.1 Å². The van der Waals surface area contributed by atoms with Gasteiger partial charge in [-0.3, -0.25) is 14.4 Å². The third-order valence-electron chi connectivity index (χ3n) is 9.13. The van der Waals surface area contributed by atoms with Crippen LogP contribution in [0.4, 0.5) is 39.3 Å². The number of aromatic nitrogens is 2. The second kappa shape index (κ2) is 16.7. The van der Waals surface area contributed by atoms with Crippen LogP contribution in [0.2, 0.25) is 5.02 Å². The number of ether oxygens (including phenoxy) is 2. The van der Waals surface area contributed by atoms with Crippen molar-refractivity contribution >= 4 is 68.1 Å². The molecule has 51 heavy (non-hydrogen) atoms. The first-order valence-corrected chi connectivity index (χ1v) is 19.0. The van der Waals surface area contributed by atoms with Crippen LogP contribution in [0.25, 0.3) is 0 Å². The molecule has 17 heteroatoms. The van der Waals surface area contributed by atoms with Gasteiger partial charge in [0.15, 0.2) is 11.9 Å². The van der Waals surface area contributed by atoms with Crippen molar-refractivity contribution in [1.29, 1.82) is 0 Å². The first-order chi connectivity index (χ1) is 24.3. The molecule has 15 nitrogen and oxygen atoms in total. The van der Waals surface area contributed by atoms with Crippen LogP contribution in [0.3, 0.4) is 0 Å². The summed E-state index contributed by atoms with van der Waals surface area (Å²) in [4.78, 5) is 39.0. The summed E-state index contributed by atoms with van der Waals surface area (Å²) in [5.74, 6) is 1.48. The molecule has 0 unspecified atom stereocenters. The molecule has 0 spiro atoms. The van der Waals surface area contributed by atoms with Crippen LogP contribution in [0.5, 0.6) is 5.75 Å². The van der Waals surface area contributed by atoms with E-state index in [1.165, 1.54) is 6.20 Å².